The zero-order valence-electron chi connectivity index (χ0n) is 54.4. The number of aromatic amines is 2. The van der Waals surface area contributed by atoms with Crippen molar-refractivity contribution in [2.24, 2.45) is 28.3 Å². The van der Waals surface area contributed by atoms with Gasteiger partial charge < -0.3 is 68.4 Å². The van der Waals surface area contributed by atoms with Gasteiger partial charge in [0.15, 0.2) is 11.6 Å². The molecule has 0 saturated carbocycles. The number of phenolic OH excluding ortho intramolecular Hbond substituents is 1. The minimum Gasteiger partial charge on any atom is -0.508 e. The Balaban J connectivity index is 1.05. The lowest BCUT2D eigenvalue weighted by atomic mass is 9.89. The Bertz CT molecular complexity index is 4090. The number of aliphatic imine (C=N–C) groups is 1. The van der Waals surface area contributed by atoms with Crippen molar-refractivity contribution >= 4 is 116 Å². The average Bonchev–Trinajstić information content (AvgIpc) is 1.69. The number of carboxylic acid groups (broad SMARTS) is 1. The largest absolute Gasteiger partial charge is 0.508 e. The van der Waals surface area contributed by atoms with E-state index in [1.807, 2.05) is 24.3 Å². The van der Waals surface area contributed by atoms with Gasteiger partial charge in [-0.25, -0.2) is 8.78 Å². The fourth-order valence-electron chi connectivity index (χ4n) is 12.5. The molecule has 2 bridgehead atoms. The van der Waals surface area contributed by atoms with Crippen LogP contribution in [0.25, 0.3) is 21.8 Å². The summed E-state index contributed by atoms with van der Waals surface area (Å²) in [5.41, 5.74) is 14.6. The van der Waals surface area contributed by atoms with E-state index >= 15 is 19.2 Å². The molecule has 524 valence electrons. The van der Waals surface area contributed by atoms with Gasteiger partial charge in [0.1, 0.15) is 47.1 Å². The maximum atomic E-state index is 15.2. The normalized spacial score (nSPS) is 23.7. The van der Waals surface area contributed by atoms with Crippen molar-refractivity contribution in [1.82, 2.24) is 46.8 Å². The molecule has 29 heteroatoms. The number of aromatic hydroxyl groups is 1. The van der Waals surface area contributed by atoms with Crippen LogP contribution in [0.3, 0.4) is 0 Å². The second-order valence-electron chi connectivity index (χ2n) is 25.3. The van der Waals surface area contributed by atoms with Gasteiger partial charge in [0.05, 0.1) is 19.0 Å². The van der Waals surface area contributed by atoms with Crippen molar-refractivity contribution in [1.29, 1.82) is 0 Å². The first kappa shape index (κ1) is 73.5. The maximum absolute atomic E-state index is 15.2. The number of nitrogens with one attached hydrogen (secondary N) is 8. The molecule has 5 heterocycles. The summed E-state index contributed by atoms with van der Waals surface area (Å²) < 4.78 is 29.8. The summed E-state index contributed by atoms with van der Waals surface area (Å²) in [4.78, 5) is 169. The van der Waals surface area contributed by atoms with E-state index in [1.54, 1.807) is 13.1 Å². The average molecular weight is 1400 g/mol. The van der Waals surface area contributed by atoms with Crippen molar-refractivity contribution in [3.8, 4) is 5.75 Å². The number of amides is 8. The summed E-state index contributed by atoms with van der Waals surface area (Å²) in [6.07, 6.45) is 3.36. The number of primary amides is 1. The molecule has 1 fully saturated rings. The predicted molar refractivity (Wildman–Crippen MR) is 368 cm³/mol. The van der Waals surface area contributed by atoms with Gasteiger partial charge in [0.2, 0.25) is 47.3 Å². The first-order valence-corrected chi connectivity index (χ1v) is 34.8. The third kappa shape index (κ3) is 20.0. The quantitative estimate of drug-likeness (QED) is 0.0764. The molecule has 6 aromatic rings. The van der Waals surface area contributed by atoms with E-state index in [9.17, 15) is 52.6 Å². The highest BCUT2D eigenvalue weighted by atomic mass is 32.2. The number of hydrogen-bond donors (Lipinski definition) is 12. The Kier molecular flexibility index (Phi) is 25.4. The number of Topliss-reactive ketones (excluding diaryl/α,β-unsaturated/α-hetero) is 2. The number of carbonyl (C=O) groups excluding carboxylic acids is 10. The number of nitrogens with two attached hydrogens (primary N) is 2. The number of nitrogens with zero attached hydrogens (tertiary/aromatic N) is 2. The molecule has 0 unspecified atom stereocenters. The number of fused-ring (bicyclic) bond motifs is 5. The Morgan fingerprint density at radius 3 is 1.98 bits per heavy atom. The van der Waals surface area contributed by atoms with Crippen LogP contribution < -0.4 is 43.4 Å². The van der Waals surface area contributed by atoms with Crippen LogP contribution in [0.4, 0.5) is 8.78 Å². The van der Waals surface area contributed by atoms with Gasteiger partial charge in [-0.1, -0.05) is 36.4 Å². The third-order valence-electron chi connectivity index (χ3n) is 17.8. The Morgan fingerprint density at radius 2 is 1.34 bits per heavy atom. The van der Waals surface area contributed by atoms with Gasteiger partial charge >= 0.3 is 5.97 Å². The van der Waals surface area contributed by atoms with Crippen LogP contribution >= 0.6 is 23.5 Å². The number of aromatic nitrogens is 2. The number of phenols is 1. The molecule has 0 spiro atoms. The molecule has 4 aromatic carbocycles. The number of carboxylic acids is 1. The van der Waals surface area contributed by atoms with Crippen molar-refractivity contribution in [2.45, 2.75) is 131 Å². The fraction of sp³-hybridized carbons (Fsp3) is 0.400. The number of ketones is 2. The summed E-state index contributed by atoms with van der Waals surface area (Å²) in [7, 11) is 0. The molecule has 3 aliphatic rings. The first-order valence-electron chi connectivity index (χ1n) is 32.5. The van der Waals surface area contributed by atoms with E-state index < -0.39 is 156 Å². The second kappa shape index (κ2) is 34.2. The minimum absolute atomic E-state index is 0.00405. The van der Waals surface area contributed by atoms with E-state index in [-0.39, 0.29) is 80.5 Å². The predicted octanol–water partition coefficient (Wildman–Crippen LogP) is 4.36. The molecule has 25 nitrogen and oxygen atoms in total. The molecular formula is C70H80F2N12O13S2. The number of H-pyrrole nitrogens is 2. The van der Waals surface area contributed by atoms with E-state index in [0.717, 1.165) is 11.1 Å². The van der Waals surface area contributed by atoms with E-state index in [1.165, 1.54) is 108 Å². The number of carbonyl (C=O) groups is 11. The molecule has 2 aromatic heterocycles. The molecule has 3 aliphatic heterocycles. The molecule has 1 saturated heterocycles. The molecule has 14 N–H and O–H groups in total. The highest BCUT2D eigenvalue weighted by Crippen LogP contribution is 2.33. The molecule has 0 aliphatic carbocycles. The van der Waals surface area contributed by atoms with Crippen molar-refractivity contribution in [3.63, 3.8) is 0 Å². The number of rotatable bonds is 13. The Labute approximate surface area is 577 Å². The van der Waals surface area contributed by atoms with Gasteiger partial charge in [-0.3, -0.25) is 57.7 Å². The van der Waals surface area contributed by atoms with Crippen LogP contribution in [0.5, 0.6) is 5.75 Å². The number of hydrogen-bond acceptors (Lipinski definition) is 16. The monoisotopic (exact) mass is 1400 g/mol. The number of allylic oxidation sites excluding steroid dienone is 1. The molecule has 0 radical (unpaired) electrons. The molecule has 9 rings (SSSR count). The minimum atomic E-state index is -1.90. The van der Waals surface area contributed by atoms with Gasteiger partial charge in [-0.2, -0.15) is 23.5 Å². The van der Waals surface area contributed by atoms with Crippen LogP contribution in [-0.4, -0.2) is 163 Å². The molecule has 99 heavy (non-hydrogen) atoms. The van der Waals surface area contributed by atoms with Gasteiger partial charge in [-0.15, -0.1) is 0 Å². The van der Waals surface area contributed by atoms with Crippen LogP contribution in [0.1, 0.15) is 92.5 Å². The van der Waals surface area contributed by atoms with E-state index in [0.29, 0.717) is 56.8 Å². The SMILES string of the molecule is C[C@@]12CCCN1C(=O)[C@H](Cc1ccc(O)cc1)NC(=O)[C@H](CC1=CN=CC1)CC(=O)[C@H](CC(=O)O)NC(=O)[C@H](Cc1c[nH]c3ccc(F)cc13)NC(=O)[C@H](Cc1c[nH]c3ccc(F)cc13)CC(=O)CNC(=O)[C@@H](CCN)NC(=O)CCSCc1cccc(c1)CSC[C@@H](C(N)=O)NC2=O. The third-order valence-corrected chi connectivity index (χ3v) is 20.0. The first-order chi connectivity index (χ1) is 47.4. The maximum Gasteiger partial charge on any atom is 0.305 e. The summed E-state index contributed by atoms with van der Waals surface area (Å²) in [6, 6.07) is 13.8. The van der Waals surface area contributed by atoms with Gasteiger partial charge in [-0.05, 0) is 127 Å². The van der Waals surface area contributed by atoms with E-state index in [4.69, 9.17) is 11.5 Å². The number of thioether (sulfide) groups is 2. The second-order valence-corrected chi connectivity index (χ2v) is 27.4. The summed E-state index contributed by atoms with van der Waals surface area (Å²) >= 11 is 2.79. The van der Waals surface area contributed by atoms with Crippen LogP contribution in [0.2, 0.25) is 0 Å². The topological polar surface area (TPSA) is 400 Å². The summed E-state index contributed by atoms with van der Waals surface area (Å²) in [5, 5.41) is 37.3. The smallest absolute Gasteiger partial charge is 0.305 e. The van der Waals surface area contributed by atoms with Gasteiger partial charge in [0, 0.05) is 127 Å². The lowest BCUT2D eigenvalue weighted by Crippen LogP contribution is -2.62. The highest BCUT2D eigenvalue weighted by Gasteiger charge is 2.49. The Morgan fingerprint density at radius 1 is 0.707 bits per heavy atom. The van der Waals surface area contributed by atoms with Crippen LogP contribution in [0, 0.1) is 23.5 Å². The summed E-state index contributed by atoms with van der Waals surface area (Å²) in [6.45, 7) is 0.920. The van der Waals surface area contributed by atoms with Crippen molar-refractivity contribution in [2.75, 3.05) is 31.1 Å². The number of aliphatic carboxylic acids is 1. The molecular weight excluding hydrogens is 1320 g/mol. The van der Waals surface area contributed by atoms with Crippen LogP contribution in [0.15, 0.2) is 114 Å². The number of benzene rings is 4. The standard InChI is InChI=1S/C70H80F2N12O13S2/c1-70-17-3-20-84(70)68(96)58(24-39-6-10-49(85)11-7-39)82-64(92)43(23-40-15-19-75-32-40)28-60(87)56(31-62(89)90)80-67(95)57(27-46-34-77-54-13-9-48(72)30-52(46)54)81-65(93)44(25-45-33-76-53-12-8-47(71)29-51(45)53)26-50(86)35-78-66(94)55(14-18-73)79-61(88)16-21-98-36-41-4-2-5-42(22-41)37-99-38-59(63(74)91)83-69(70)97/h2,4-13,19,22,29-30,32-34,43-44,55-59,76-77,85H,3,14-18,20-21,23-28,31,35-38,73H2,1H3,(H2,74,91)(H,78,94)(H,79,88)(H,80,95)(H,81,93)(H,82,92)(H,83,97)(H,89,90)/t43-,44-,55-,56+,57+,58+,59+,70+/m1/s1. The van der Waals surface area contributed by atoms with Crippen LogP contribution in [-0.2, 0) is 83.5 Å². The van der Waals surface area contributed by atoms with Crippen molar-refractivity contribution in [3.05, 3.63) is 149 Å². The molecule has 8 atom stereocenters. The van der Waals surface area contributed by atoms with Crippen molar-refractivity contribution < 1.29 is 71.7 Å². The Hall–Kier alpha value is -9.74. The summed E-state index contributed by atoms with van der Waals surface area (Å²) in [5.74, 6) is -12.3. The zero-order chi connectivity index (χ0) is 70.9. The number of halogens is 2. The lowest BCUT2D eigenvalue weighted by molar-refractivity contribution is -0.147. The van der Waals surface area contributed by atoms with E-state index in [2.05, 4.69) is 46.9 Å². The fourth-order valence-corrected chi connectivity index (χ4v) is 14.4. The molecule has 8 amide bonds. The highest BCUT2D eigenvalue weighted by molar-refractivity contribution is 7.98. The van der Waals surface area contributed by atoms with Gasteiger partial charge in [0.25, 0.3) is 0 Å². The lowest BCUT2D eigenvalue weighted by Gasteiger charge is -2.37. The zero-order valence-corrected chi connectivity index (χ0v) is 56.0.